The van der Waals surface area contributed by atoms with Gasteiger partial charge in [0.2, 0.25) is 5.91 Å². The van der Waals surface area contributed by atoms with Crippen LogP contribution in [0.3, 0.4) is 0 Å². The lowest BCUT2D eigenvalue weighted by molar-refractivity contribution is -0.132. The quantitative estimate of drug-likeness (QED) is 0.524. The third-order valence-corrected chi connectivity index (χ3v) is 5.83. The van der Waals surface area contributed by atoms with Crippen molar-refractivity contribution in [3.8, 4) is 0 Å². The molecule has 1 aromatic carbocycles. The number of amides is 1. The lowest BCUT2D eigenvalue weighted by Gasteiger charge is -2.23. The number of carbonyl (C=O) groups is 1. The Labute approximate surface area is 172 Å². The van der Waals surface area contributed by atoms with Crippen LogP contribution < -0.4 is 5.56 Å². The van der Waals surface area contributed by atoms with Crippen LogP contribution >= 0.6 is 0 Å². The first-order valence-electron chi connectivity index (χ1n) is 10.2. The molecule has 0 radical (unpaired) electrons. The topological polar surface area (TPSA) is 85.4 Å². The number of aryl methyl sites for hydroxylation is 2. The van der Waals surface area contributed by atoms with Crippen LogP contribution in [0.2, 0.25) is 0 Å². The molecule has 1 atom stereocenters. The normalized spacial score (nSPS) is 16.6. The van der Waals surface area contributed by atoms with Crippen molar-refractivity contribution < 1.29 is 4.79 Å². The van der Waals surface area contributed by atoms with Gasteiger partial charge < -0.3 is 4.90 Å². The molecule has 8 heteroatoms. The van der Waals surface area contributed by atoms with E-state index in [0.29, 0.717) is 24.0 Å². The van der Waals surface area contributed by atoms with Gasteiger partial charge in [-0.15, -0.1) is 10.2 Å². The van der Waals surface area contributed by atoms with Gasteiger partial charge in [0.05, 0.1) is 23.3 Å². The summed E-state index contributed by atoms with van der Waals surface area (Å²) < 4.78 is 3.47. The van der Waals surface area contributed by atoms with Gasteiger partial charge >= 0.3 is 0 Å². The first kappa shape index (κ1) is 18.5. The second-order valence-corrected chi connectivity index (χ2v) is 7.70. The Kier molecular flexibility index (Phi) is 4.54. The molecule has 0 N–H and O–H groups in total. The molecule has 0 saturated carbocycles. The number of rotatable bonds is 4. The van der Waals surface area contributed by atoms with Crippen molar-refractivity contribution in [2.24, 2.45) is 0 Å². The average Bonchev–Trinajstić information content (AvgIpc) is 3.40. The maximum atomic E-state index is 13.0. The van der Waals surface area contributed by atoms with E-state index in [1.807, 2.05) is 52.8 Å². The number of hydrogen-bond acceptors (Lipinski definition) is 5. The predicted octanol–water partition coefficient (Wildman–Crippen LogP) is 2.50. The Bertz CT molecular complexity index is 1310. The lowest BCUT2D eigenvalue weighted by Crippen LogP contribution is -2.33. The molecular weight excluding hydrogens is 380 g/mol. The van der Waals surface area contributed by atoms with Crippen molar-refractivity contribution in [1.29, 1.82) is 0 Å². The molecule has 152 valence electrons. The molecule has 1 aliphatic rings. The zero-order chi connectivity index (χ0) is 20.7. The molecule has 0 spiro atoms. The van der Waals surface area contributed by atoms with Gasteiger partial charge in [-0.25, -0.2) is 4.98 Å². The van der Waals surface area contributed by atoms with E-state index >= 15 is 0 Å². The number of pyridine rings is 1. The monoisotopic (exact) mass is 402 g/mol. The fraction of sp³-hybridized carbons (Fsp3) is 0.318. The molecule has 30 heavy (non-hydrogen) atoms. The zero-order valence-corrected chi connectivity index (χ0v) is 16.7. The Hall–Kier alpha value is -3.55. The summed E-state index contributed by atoms with van der Waals surface area (Å²) in [5.74, 6) is 0.804. The third kappa shape index (κ3) is 3.04. The summed E-state index contributed by atoms with van der Waals surface area (Å²) in [7, 11) is 0. The van der Waals surface area contributed by atoms with E-state index in [2.05, 4.69) is 15.2 Å². The van der Waals surface area contributed by atoms with Crippen molar-refractivity contribution in [3.05, 3.63) is 70.7 Å². The number of likely N-dealkylation sites (tertiary alicyclic amines) is 1. The summed E-state index contributed by atoms with van der Waals surface area (Å²) in [6.07, 6.45) is 5.49. The van der Waals surface area contributed by atoms with Crippen LogP contribution in [-0.4, -0.2) is 41.5 Å². The van der Waals surface area contributed by atoms with Gasteiger partial charge in [-0.3, -0.25) is 18.6 Å². The van der Waals surface area contributed by atoms with E-state index < -0.39 is 0 Å². The average molecular weight is 402 g/mol. The van der Waals surface area contributed by atoms with Crippen LogP contribution in [0.15, 0.2) is 53.7 Å². The van der Waals surface area contributed by atoms with E-state index in [9.17, 15) is 9.59 Å². The molecule has 0 aliphatic carbocycles. The Morgan fingerprint density at radius 1 is 1.17 bits per heavy atom. The highest BCUT2D eigenvalue weighted by Gasteiger charge is 2.32. The summed E-state index contributed by atoms with van der Waals surface area (Å²) in [6.45, 7) is 2.93. The van der Waals surface area contributed by atoms with E-state index in [-0.39, 0.29) is 23.9 Å². The molecular formula is C22H22N6O2. The van der Waals surface area contributed by atoms with E-state index in [1.54, 1.807) is 12.4 Å². The van der Waals surface area contributed by atoms with E-state index in [4.69, 9.17) is 0 Å². The number of benzene rings is 1. The van der Waals surface area contributed by atoms with Crippen molar-refractivity contribution >= 4 is 22.5 Å². The van der Waals surface area contributed by atoms with Crippen LogP contribution in [0.25, 0.3) is 16.6 Å². The maximum Gasteiger partial charge on any atom is 0.261 e. The first-order chi connectivity index (χ1) is 14.6. The Balaban J connectivity index is 1.36. The van der Waals surface area contributed by atoms with Gasteiger partial charge in [-0.05, 0) is 43.5 Å². The van der Waals surface area contributed by atoms with Gasteiger partial charge in [0.1, 0.15) is 0 Å². The van der Waals surface area contributed by atoms with Crippen molar-refractivity contribution in [1.82, 2.24) is 29.0 Å². The minimum atomic E-state index is -0.113. The summed E-state index contributed by atoms with van der Waals surface area (Å²) in [4.78, 5) is 32.1. The summed E-state index contributed by atoms with van der Waals surface area (Å²) >= 11 is 0. The van der Waals surface area contributed by atoms with Crippen LogP contribution in [0.4, 0.5) is 0 Å². The molecule has 4 aromatic rings. The van der Waals surface area contributed by atoms with Crippen molar-refractivity contribution in [3.63, 3.8) is 0 Å². The van der Waals surface area contributed by atoms with E-state index in [1.165, 1.54) is 4.57 Å². The van der Waals surface area contributed by atoms with Crippen LogP contribution in [0, 0.1) is 6.92 Å². The molecule has 4 heterocycles. The number of nitrogens with zero attached hydrogens (tertiary/aromatic N) is 6. The maximum absolute atomic E-state index is 13.0. The van der Waals surface area contributed by atoms with Crippen molar-refractivity contribution in [2.75, 3.05) is 6.54 Å². The number of para-hydroxylation sites is 1. The molecule has 1 fully saturated rings. The fourth-order valence-electron chi connectivity index (χ4n) is 4.28. The smallest absolute Gasteiger partial charge is 0.261 e. The van der Waals surface area contributed by atoms with Gasteiger partial charge in [-0.1, -0.05) is 18.2 Å². The van der Waals surface area contributed by atoms with Gasteiger partial charge in [0, 0.05) is 25.7 Å². The van der Waals surface area contributed by atoms with E-state index in [0.717, 1.165) is 29.9 Å². The number of hydrogen-bond donors (Lipinski definition) is 0. The standard InChI is InChI=1S/C22H22N6O2/c1-15-6-4-7-16-20(15)23-14-26(22(16)30)13-10-19(29)27-12-5-8-17(27)21-25-24-18-9-2-3-11-28(18)21/h2-4,6-7,9,11,14,17H,5,8,10,12-13H2,1H3. The first-order valence-corrected chi connectivity index (χ1v) is 10.2. The molecule has 8 nitrogen and oxygen atoms in total. The fourth-order valence-corrected chi connectivity index (χ4v) is 4.28. The molecule has 3 aromatic heterocycles. The van der Waals surface area contributed by atoms with Crippen LogP contribution in [-0.2, 0) is 11.3 Å². The second kappa shape index (κ2) is 7.37. The number of aromatic nitrogens is 5. The van der Waals surface area contributed by atoms with Crippen molar-refractivity contribution in [2.45, 2.75) is 38.8 Å². The highest BCUT2D eigenvalue weighted by Crippen LogP contribution is 2.31. The lowest BCUT2D eigenvalue weighted by atomic mass is 10.1. The Morgan fingerprint density at radius 2 is 2.07 bits per heavy atom. The third-order valence-electron chi connectivity index (χ3n) is 5.83. The molecule has 1 saturated heterocycles. The van der Waals surface area contributed by atoms with Gasteiger partial charge in [0.15, 0.2) is 11.5 Å². The van der Waals surface area contributed by atoms with Crippen LogP contribution in [0.5, 0.6) is 0 Å². The highest BCUT2D eigenvalue weighted by atomic mass is 16.2. The molecule has 1 aliphatic heterocycles. The van der Waals surface area contributed by atoms with Gasteiger partial charge in [-0.2, -0.15) is 0 Å². The van der Waals surface area contributed by atoms with Gasteiger partial charge in [0.25, 0.3) is 5.56 Å². The molecule has 1 unspecified atom stereocenters. The SMILES string of the molecule is Cc1cccc2c(=O)n(CCC(=O)N3CCCC3c3nnc4ccccn34)cnc12. The Morgan fingerprint density at radius 3 is 2.97 bits per heavy atom. The summed E-state index contributed by atoms with van der Waals surface area (Å²) in [5, 5.41) is 9.14. The highest BCUT2D eigenvalue weighted by molar-refractivity contribution is 5.80. The summed E-state index contributed by atoms with van der Waals surface area (Å²) in [5.41, 5.74) is 2.34. The second-order valence-electron chi connectivity index (χ2n) is 7.70. The minimum absolute atomic E-state index is 0.0152. The molecule has 0 bridgehead atoms. The van der Waals surface area contributed by atoms with Crippen LogP contribution in [0.1, 0.15) is 36.7 Å². The molecule has 5 rings (SSSR count). The largest absolute Gasteiger partial charge is 0.332 e. The molecule has 1 amide bonds. The number of fused-ring (bicyclic) bond motifs is 2. The summed E-state index contributed by atoms with van der Waals surface area (Å²) in [6, 6.07) is 11.2. The number of carbonyl (C=O) groups excluding carboxylic acids is 1. The zero-order valence-electron chi connectivity index (χ0n) is 16.7. The predicted molar refractivity (Wildman–Crippen MR) is 112 cm³/mol. The minimum Gasteiger partial charge on any atom is -0.332 e.